The molecule has 0 aliphatic heterocycles. The van der Waals surface area contributed by atoms with Gasteiger partial charge < -0.3 is 15.0 Å². The second kappa shape index (κ2) is 13.1. The van der Waals surface area contributed by atoms with E-state index in [1.165, 1.54) is 12.8 Å². The third-order valence-electron chi connectivity index (χ3n) is 3.62. The minimum absolute atomic E-state index is 0. The first kappa shape index (κ1) is 23.9. The SMILES string of the molecule is CCNC(=NCCCNS(=O)(=O)CC)N(C)CCOCC1CC1.I. The summed E-state index contributed by atoms with van der Waals surface area (Å²) in [6.07, 6.45) is 3.30. The molecular weight excluding hydrogens is 443 g/mol. The number of likely N-dealkylation sites (N-methyl/N-ethyl adjacent to an activating group) is 1. The summed E-state index contributed by atoms with van der Waals surface area (Å²) in [7, 11) is -1.12. The Morgan fingerprint density at radius 1 is 1.33 bits per heavy atom. The molecule has 1 rings (SSSR count). The predicted octanol–water partition coefficient (Wildman–Crippen LogP) is 1.26. The zero-order chi connectivity index (χ0) is 17.1. The van der Waals surface area contributed by atoms with Crippen molar-refractivity contribution < 1.29 is 13.2 Å². The average molecular weight is 476 g/mol. The molecule has 1 aliphatic rings. The van der Waals surface area contributed by atoms with Crippen molar-refractivity contribution in [1.82, 2.24) is 14.9 Å². The second-order valence-corrected chi connectivity index (χ2v) is 7.92. The molecule has 0 aromatic heterocycles. The number of aliphatic imine (C=N–C) groups is 1. The van der Waals surface area contributed by atoms with Crippen molar-refractivity contribution in [3.63, 3.8) is 0 Å². The van der Waals surface area contributed by atoms with Crippen LogP contribution in [0.15, 0.2) is 4.99 Å². The Labute approximate surface area is 164 Å². The van der Waals surface area contributed by atoms with E-state index in [0.717, 1.165) is 31.6 Å². The summed E-state index contributed by atoms with van der Waals surface area (Å²) in [5.41, 5.74) is 0. The molecule has 0 radical (unpaired) electrons. The van der Waals surface area contributed by atoms with Crippen LogP contribution >= 0.6 is 24.0 Å². The highest BCUT2D eigenvalue weighted by molar-refractivity contribution is 14.0. The van der Waals surface area contributed by atoms with Gasteiger partial charge in [0.15, 0.2) is 5.96 Å². The summed E-state index contributed by atoms with van der Waals surface area (Å²) in [5, 5.41) is 3.24. The molecule has 0 saturated heterocycles. The van der Waals surface area contributed by atoms with Crippen molar-refractivity contribution in [2.75, 3.05) is 52.2 Å². The molecule has 1 aliphatic carbocycles. The molecule has 0 atom stereocenters. The first-order valence-electron chi connectivity index (χ1n) is 8.53. The van der Waals surface area contributed by atoms with Crippen molar-refractivity contribution >= 4 is 40.0 Å². The number of rotatable bonds is 12. The van der Waals surface area contributed by atoms with Crippen molar-refractivity contribution in [3.05, 3.63) is 0 Å². The highest BCUT2D eigenvalue weighted by Crippen LogP contribution is 2.28. The monoisotopic (exact) mass is 476 g/mol. The molecule has 24 heavy (non-hydrogen) atoms. The number of sulfonamides is 1. The summed E-state index contributed by atoms with van der Waals surface area (Å²) in [6.45, 7) is 7.84. The summed E-state index contributed by atoms with van der Waals surface area (Å²) in [4.78, 5) is 6.57. The molecule has 0 aromatic rings. The summed E-state index contributed by atoms with van der Waals surface area (Å²) >= 11 is 0. The Morgan fingerprint density at radius 3 is 2.62 bits per heavy atom. The molecule has 0 bridgehead atoms. The quantitative estimate of drug-likeness (QED) is 0.192. The third-order valence-corrected chi connectivity index (χ3v) is 5.02. The number of halogens is 1. The first-order valence-corrected chi connectivity index (χ1v) is 10.2. The Balaban J connectivity index is 0.00000529. The molecule has 1 fully saturated rings. The highest BCUT2D eigenvalue weighted by Gasteiger charge is 2.21. The van der Waals surface area contributed by atoms with E-state index in [0.29, 0.717) is 26.1 Å². The minimum Gasteiger partial charge on any atom is -0.379 e. The van der Waals surface area contributed by atoms with Gasteiger partial charge in [-0.15, -0.1) is 24.0 Å². The molecule has 7 nitrogen and oxygen atoms in total. The van der Waals surface area contributed by atoms with Gasteiger partial charge in [0.05, 0.1) is 12.4 Å². The minimum atomic E-state index is -3.10. The Bertz CT molecular complexity index is 456. The lowest BCUT2D eigenvalue weighted by Gasteiger charge is -2.22. The maximum absolute atomic E-state index is 11.3. The van der Waals surface area contributed by atoms with Crippen LogP contribution in [-0.4, -0.2) is 71.5 Å². The highest BCUT2D eigenvalue weighted by atomic mass is 127. The molecule has 1 saturated carbocycles. The van der Waals surface area contributed by atoms with Crippen molar-refractivity contribution in [1.29, 1.82) is 0 Å². The number of hydrogen-bond acceptors (Lipinski definition) is 4. The van der Waals surface area contributed by atoms with Crippen LogP contribution < -0.4 is 10.0 Å². The molecule has 0 amide bonds. The lowest BCUT2D eigenvalue weighted by atomic mass is 10.4. The standard InChI is InChI=1S/C15H32N4O3S.HI/c1-4-16-15(17-9-6-10-18-23(20,21)5-2)19(3)11-12-22-13-14-7-8-14;/h14,18H,4-13H2,1-3H3,(H,16,17);1H. The molecule has 0 aromatic carbocycles. The van der Waals surface area contributed by atoms with Crippen LogP contribution in [0.4, 0.5) is 0 Å². The Hall–Kier alpha value is -0.130. The van der Waals surface area contributed by atoms with E-state index in [9.17, 15) is 8.42 Å². The van der Waals surface area contributed by atoms with Gasteiger partial charge in [-0.25, -0.2) is 13.1 Å². The zero-order valence-electron chi connectivity index (χ0n) is 15.1. The van der Waals surface area contributed by atoms with Gasteiger partial charge in [-0.2, -0.15) is 0 Å². The van der Waals surface area contributed by atoms with Gasteiger partial charge in [-0.05, 0) is 39.0 Å². The number of ether oxygens (including phenoxy) is 1. The number of nitrogens with one attached hydrogen (secondary N) is 2. The smallest absolute Gasteiger partial charge is 0.211 e. The number of nitrogens with zero attached hydrogens (tertiary/aromatic N) is 2. The fraction of sp³-hybridized carbons (Fsp3) is 0.933. The third kappa shape index (κ3) is 11.4. The summed E-state index contributed by atoms with van der Waals surface area (Å²) in [6, 6.07) is 0. The van der Waals surface area contributed by atoms with Gasteiger partial charge in [0.25, 0.3) is 0 Å². The van der Waals surface area contributed by atoms with Crippen LogP contribution in [-0.2, 0) is 14.8 Å². The van der Waals surface area contributed by atoms with Crippen LogP contribution in [0.2, 0.25) is 0 Å². The predicted molar refractivity (Wildman–Crippen MR) is 110 cm³/mol. The second-order valence-electron chi connectivity index (χ2n) is 5.83. The van der Waals surface area contributed by atoms with Gasteiger partial charge in [0, 0.05) is 39.8 Å². The fourth-order valence-electron chi connectivity index (χ4n) is 1.91. The molecule has 0 spiro atoms. The van der Waals surface area contributed by atoms with Crippen LogP contribution in [0.3, 0.4) is 0 Å². The number of guanidine groups is 1. The molecular formula is C15H33IN4O3S. The molecule has 0 heterocycles. The lowest BCUT2D eigenvalue weighted by molar-refractivity contribution is 0.115. The van der Waals surface area contributed by atoms with Gasteiger partial charge >= 0.3 is 0 Å². The van der Waals surface area contributed by atoms with E-state index in [-0.39, 0.29) is 29.7 Å². The Kier molecular flexibility index (Phi) is 13.1. The maximum atomic E-state index is 11.3. The van der Waals surface area contributed by atoms with E-state index in [2.05, 4.69) is 15.0 Å². The summed E-state index contributed by atoms with van der Waals surface area (Å²) < 4.78 is 30.8. The van der Waals surface area contributed by atoms with E-state index in [1.54, 1.807) is 6.92 Å². The van der Waals surface area contributed by atoms with Gasteiger partial charge in [0.1, 0.15) is 0 Å². The molecule has 144 valence electrons. The van der Waals surface area contributed by atoms with Crippen molar-refractivity contribution in [3.8, 4) is 0 Å². The molecule has 9 heteroatoms. The van der Waals surface area contributed by atoms with E-state index in [1.807, 2.05) is 18.9 Å². The van der Waals surface area contributed by atoms with E-state index >= 15 is 0 Å². The maximum Gasteiger partial charge on any atom is 0.211 e. The lowest BCUT2D eigenvalue weighted by Crippen LogP contribution is -2.40. The van der Waals surface area contributed by atoms with Gasteiger partial charge in [-0.1, -0.05) is 0 Å². The first-order chi connectivity index (χ1) is 11.0. The van der Waals surface area contributed by atoms with Crippen LogP contribution in [0, 0.1) is 5.92 Å². The van der Waals surface area contributed by atoms with Gasteiger partial charge in [0.2, 0.25) is 10.0 Å². The molecule has 2 N–H and O–H groups in total. The Morgan fingerprint density at radius 2 is 2.04 bits per heavy atom. The average Bonchev–Trinajstić information content (AvgIpc) is 3.34. The fourth-order valence-corrected chi connectivity index (χ4v) is 2.56. The largest absolute Gasteiger partial charge is 0.379 e. The van der Waals surface area contributed by atoms with Crippen molar-refractivity contribution in [2.24, 2.45) is 10.9 Å². The van der Waals surface area contributed by atoms with Crippen molar-refractivity contribution in [2.45, 2.75) is 33.1 Å². The topological polar surface area (TPSA) is 83.0 Å². The van der Waals surface area contributed by atoms with E-state index < -0.39 is 10.0 Å². The van der Waals surface area contributed by atoms with Gasteiger partial charge in [-0.3, -0.25) is 4.99 Å². The summed E-state index contributed by atoms with van der Waals surface area (Å²) in [5.74, 6) is 1.73. The number of hydrogen-bond donors (Lipinski definition) is 2. The zero-order valence-corrected chi connectivity index (χ0v) is 18.2. The van der Waals surface area contributed by atoms with Crippen LogP contribution in [0.1, 0.15) is 33.1 Å². The van der Waals surface area contributed by atoms with Crippen LogP contribution in [0.25, 0.3) is 0 Å². The van der Waals surface area contributed by atoms with Crippen LogP contribution in [0.5, 0.6) is 0 Å². The molecule has 0 unspecified atom stereocenters. The van der Waals surface area contributed by atoms with E-state index in [4.69, 9.17) is 4.74 Å². The normalized spacial score (nSPS) is 15.0.